The third-order valence-corrected chi connectivity index (χ3v) is 5.99. The molecule has 4 aliphatic carbocycles. The van der Waals surface area contributed by atoms with Gasteiger partial charge in [0, 0.05) is 0 Å². The van der Waals surface area contributed by atoms with Gasteiger partial charge in [0.25, 0.3) is 0 Å². The standard InChI is InChI=1S/C14H18F2O/c15-13(14(16)17)10-5-8-4-9(10)12-7-2-1-6(3-7)11(8)12/h1-2,6-14,17H,3-5H2. The quantitative estimate of drug-likeness (QED) is 0.581. The molecule has 0 aromatic heterocycles. The molecule has 4 bridgehead atoms. The Morgan fingerprint density at radius 1 is 1.00 bits per heavy atom. The predicted molar refractivity (Wildman–Crippen MR) is 59.4 cm³/mol. The summed E-state index contributed by atoms with van der Waals surface area (Å²) in [5, 5.41) is 8.83. The second-order valence-electron chi connectivity index (χ2n) is 6.48. The Labute approximate surface area is 99.9 Å². The third-order valence-electron chi connectivity index (χ3n) is 5.99. The van der Waals surface area contributed by atoms with Crippen LogP contribution in [-0.4, -0.2) is 17.6 Å². The summed E-state index contributed by atoms with van der Waals surface area (Å²) in [6.07, 6.45) is 3.80. The molecule has 0 spiro atoms. The van der Waals surface area contributed by atoms with E-state index in [4.69, 9.17) is 5.11 Å². The molecule has 3 fully saturated rings. The molecule has 3 heteroatoms. The average Bonchev–Trinajstić information content (AvgIpc) is 3.04. The smallest absolute Gasteiger partial charge is 0.228 e. The summed E-state index contributed by atoms with van der Waals surface area (Å²) >= 11 is 0. The van der Waals surface area contributed by atoms with Crippen LogP contribution in [0.3, 0.4) is 0 Å². The molecule has 0 aliphatic heterocycles. The monoisotopic (exact) mass is 240 g/mol. The summed E-state index contributed by atoms with van der Waals surface area (Å²) in [6.45, 7) is 0. The molecule has 4 aliphatic rings. The van der Waals surface area contributed by atoms with Gasteiger partial charge in [0.1, 0.15) is 0 Å². The summed E-state index contributed by atoms with van der Waals surface area (Å²) in [6, 6.07) is 0. The van der Waals surface area contributed by atoms with Crippen LogP contribution in [0.4, 0.5) is 8.78 Å². The summed E-state index contributed by atoms with van der Waals surface area (Å²) in [5.74, 6) is 3.35. The molecule has 0 saturated heterocycles. The van der Waals surface area contributed by atoms with E-state index in [1.165, 1.54) is 6.42 Å². The number of rotatable bonds is 2. The van der Waals surface area contributed by atoms with E-state index in [1.807, 2.05) is 0 Å². The predicted octanol–water partition coefficient (Wildman–Crippen LogP) is 2.71. The Bertz CT molecular complexity index is 367. The first-order valence-electron chi connectivity index (χ1n) is 6.81. The number of fused-ring (bicyclic) bond motifs is 9. The van der Waals surface area contributed by atoms with Crippen molar-refractivity contribution >= 4 is 0 Å². The highest BCUT2D eigenvalue weighted by Crippen LogP contribution is 2.67. The fourth-order valence-electron chi connectivity index (χ4n) is 5.64. The van der Waals surface area contributed by atoms with Gasteiger partial charge in [0.05, 0.1) is 0 Å². The zero-order valence-electron chi connectivity index (χ0n) is 9.68. The van der Waals surface area contributed by atoms with Crippen molar-refractivity contribution in [2.45, 2.75) is 31.8 Å². The van der Waals surface area contributed by atoms with Crippen molar-refractivity contribution in [2.24, 2.45) is 41.4 Å². The van der Waals surface area contributed by atoms with Crippen molar-refractivity contribution < 1.29 is 13.9 Å². The van der Waals surface area contributed by atoms with Crippen LogP contribution in [0.5, 0.6) is 0 Å². The topological polar surface area (TPSA) is 20.2 Å². The summed E-state index contributed by atoms with van der Waals surface area (Å²) < 4.78 is 26.5. The molecule has 4 rings (SSSR count). The first kappa shape index (κ1) is 10.5. The molecule has 1 nitrogen and oxygen atoms in total. The van der Waals surface area contributed by atoms with Gasteiger partial charge in [-0.1, -0.05) is 12.2 Å². The van der Waals surface area contributed by atoms with Gasteiger partial charge in [0.2, 0.25) is 6.36 Å². The molecule has 0 heterocycles. The second-order valence-corrected chi connectivity index (χ2v) is 6.48. The van der Waals surface area contributed by atoms with E-state index < -0.39 is 12.5 Å². The van der Waals surface area contributed by atoms with E-state index in [0.29, 0.717) is 29.6 Å². The highest BCUT2D eigenvalue weighted by Gasteiger charge is 2.62. The van der Waals surface area contributed by atoms with Gasteiger partial charge in [-0.25, -0.2) is 8.78 Å². The number of halogens is 2. The Morgan fingerprint density at radius 3 is 2.41 bits per heavy atom. The van der Waals surface area contributed by atoms with E-state index in [9.17, 15) is 8.78 Å². The van der Waals surface area contributed by atoms with E-state index >= 15 is 0 Å². The summed E-state index contributed by atoms with van der Waals surface area (Å²) in [5.41, 5.74) is 0. The van der Waals surface area contributed by atoms with Crippen molar-refractivity contribution in [3.8, 4) is 0 Å². The Morgan fingerprint density at radius 2 is 1.71 bits per heavy atom. The van der Waals surface area contributed by atoms with Crippen LogP contribution in [0.15, 0.2) is 12.2 Å². The first-order chi connectivity index (χ1) is 8.16. The molecule has 0 aromatic rings. The lowest BCUT2D eigenvalue weighted by atomic mass is 9.68. The van der Waals surface area contributed by atoms with Crippen LogP contribution in [-0.2, 0) is 0 Å². The molecular weight excluding hydrogens is 222 g/mol. The molecular formula is C14H18F2O. The van der Waals surface area contributed by atoms with Crippen molar-refractivity contribution in [3.05, 3.63) is 12.2 Å². The van der Waals surface area contributed by atoms with E-state index in [2.05, 4.69) is 12.2 Å². The molecule has 3 saturated carbocycles. The third kappa shape index (κ3) is 1.21. The van der Waals surface area contributed by atoms with Crippen molar-refractivity contribution in [1.29, 1.82) is 0 Å². The number of alkyl halides is 2. The number of allylic oxidation sites excluding steroid dienone is 2. The number of aliphatic hydroxyl groups is 1. The van der Waals surface area contributed by atoms with E-state index in [0.717, 1.165) is 18.8 Å². The van der Waals surface area contributed by atoms with Crippen LogP contribution in [0.2, 0.25) is 0 Å². The molecule has 9 atom stereocenters. The SMILES string of the molecule is OC(F)C(F)C1CC2CC1C1C3C=CC(C3)C21. The lowest BCUT2D eigenvalue weighted by molar-refractivity contribution is -0.0693. The molecule has 0 radical (unpaired) electrons. The number of hydrogen-bond donors (Lipinski definition) is 1. The lowest BCUT2D eigenvalue weighted by Crippen LogP contribution is -2.38. The Kier molecular flexibility index (Phi) is 2.04. The Balaban J connectivity index is 1.61. The fraction of sp³-hybridized carbons (Fsp3) is 0.857. The van der Waals surface area contributed by atoms with Gasteiger partial charge in [-0.3, -0.25) is 0 Å². The number of aliphatic hydroxyl groups excluding tert-OH is 1. The van der Waals surface area contributed by atoms with Gasteiger partial charge < -0.3 is 5.11 Å². The van der Waals surface area contributed by atoms with Crippen LogP contribution in [0.1, 0.15) is 19.3 Å². The van der Waals surface area contributed by atoms with Crippen LogP contribution in [0, 0.1) is 41.4 Å². The van der Waals surface area contributed by atoms with Crippen LogP contribution < -0.4 is 0 Å². The largest absolute Gasteiger partial charge is 0.362 e. The zero-order valence-corrected chi connectivity index (χ0v) is 9.68. The van der Waals surface area contributed by atoms with Gasteiger partial charge in [0.15, 0.2) is 6.17 Å². The highest BCUT2D eigenvalue weighted by atomic mass is 19.2. The summed E-state index contributed by atoms with van der Waals surface area (Å²) in [7, 11) is 0. The van der Waals surface area contributed by atoms with Crippen LogP contribution >= 0.6 is 0 Å². The maximum Gasteiger partial charge on any atom is 0.228 e. The minimum atomic E-state index is -2.29. The van der Waals surface area contributed by atoms with Gasteiger partial charge >= 0.3 is 0 Å². The Hall–Kier alpha value is -0.440. The highest BCUT2D eigenvalue weighted by molar-refractivity contribution is 5.21. The van der Waals surface area contributed by atoms with Crippen molar-refractivity contribution in [1.82, 2.24) is 0 Å². The van der Waals surface area contributed by atoms with Gasteiger partial charge in [-0.05, 0) is 60.7 Å². The lowest BCUT2D eigenvalue weighted by Gasteiger charge is -2.37. The molecule has 1 N–H and O–H groups in total. The minimum Gasteiger partial charge on any atom is -0.362 e. The maximum atomic E-state index is 13.7. The van der Waals surface area contributed by atoms with E-state index in [1.54, 1.807) is 0 Å². The molecule has 0 aromatic carbocycles. The van der Waals surface area contributed by atoms with Crippen molar-refractivity contribution in [2.75, 3.05) is 0 Å². The normalized spacial score (nSPS) is 57.5. The molecule has 9 unspecified atom stereocenters. The molecule has 17 heavy (non-hydrogen) atoms. The number of hydrogen-bond acceptors (Lipinski definition) is 1. The maximum absolute atomic E-state index is 13.7. The average molecular weight is 240 g/mol. The van der Waals surface area contributed by atoms with Gasteiger partial charge in [-0.2, -0.15) is 0 Å². The fourth-order valence-corrected chi connectivity index (χ4v) is 5.64. The molecule has 0 amide bonds. The summed E-state index contributed by atoms with van der Waals surface area (Å²) in [4.78, 5) is 0. The van der Waals surface area contributed by atoms with Gasteiger partial charge in [-0.15, -0.1) is 0 Å². The van der Waals surface area contributed by atoms with Crippen LogP contribution in [0.25, 0.3) is 0 Å². The second kappa shape index (κ2) is 3.31. The van der Waals surface area contributed by atoms with Crippen molar-refractivity contribution in [3.63, 3.8) is 0 Å². The minimum absolute atomic E-state index is 0.228. The zero-order chi connectivity index (χ0) is 11.7. The van der Waals surface area contributed by atoms with E-state index in [-0.39, 0.29) is 5.92 Å². The first-order valence-corrected chi connectivity index (χ1v) is 6.81. The molecule has 94 valence electrons.